The first-order valence-corrected chi connectivity index (χ1v) is 5.96. The molecule has 1 aliphatic heterocycles. The van der Waals surface area contributed by atoms with Crippen molar-refractivity contribution in [1.29, 1.82) is 0 Å². The Balaban J connectivity index is 2.20. The van der Waals surface area contributed by atoms with Crippen molar-refractivity contribution in [3.63, 3.8) is 0 Å². The van der Waals surface area contributed by atoms with Gasteiger partial charge in [0.2, 0.25) is 0 Å². The highest BCUT2D eigenvalue weighted by Gasteiger charge is 2.36. The topological polar surface area (TPSA) is 29.5 Å². The molecule has 1 amide bonds. The zero-order valence-electron chi connectivity index (χ0n) is 10.6. The lowest BCUT2D eigenvalue weighted by molar-refractivity contribution is 0.144. The molecule has 1 aromatic carbocycles. The number of rotatable bonds is 2. The highest BCUT2D eigenvalue weighted by atomic mass is 16.6. The number of cyclic esters (lactones) is 1. The number of carbonyl (C=O) groups excluding carboxylic acids is 1. The molecule has 3 heteroatoms. The van der Waals surface area contributed by atoms with Crippen molar-refractivity contribution < 1.29 is 9.53 Å². The van der Waals surface area contributed by atoms with Gasteiger partial charge in [0.05, 0.1) is 6.04 Å². The second-order valence-electron chi connectivity index (χ2n) is 5.69. The van der Waals surface area contributed by atoms with Crippen LogP contribution in [0.5, 0.6) is 0 Å². The van der Waals surface area contributed by atoms with Crippen LogP contribution in [0.25, 0.3) is 0 Å². The van der Waals surface area contributed by atoms with E-state index in [1.54, 1.807) is 0 Å². The van der Waals surface area contributed by atoms with Crippen LogP contribution in [0.3, 0.4) is 0 Å². The average Bonchev–Trinajstić information content (AvgIpc) is 2.60. The van der Waals surface area contributed by atoms with E-state index in [0.29, 0.717) is 13.2 Å². The van der Waals surface area contributed by atoms with E-state index in [1.807, 2.05) is 35.2 Å². The number of benzene rings is 1. The van der Waals surface area contributed by atoms with Crippen LogP contribution in [-0.2, 0) is 4.74 Å². The van der Waals surface area contributed by atoms with E-state index in [2.05, 4.69) is 20.8 Å². The summed E-state index contributed by atoms with van der Waals surface area (Å²) in [4.78, 5) is 13.6. The first kappa shape index (κ1) is 12.0. The Hall–Kier alpha value is -1.51. The molecule has 2 rings (SSSR count). The van der Waals surface area contributed by atoms with E-state index in [0.717, 1.165) is 5.56 Å². The zero-order chi connectivity index (χ0) is 12.5. The maximum absolute atomic E-state index is 11.7. The summed E-state index contributed by atoms with van der Waals surface area (Å²) in [5.74, 6) is 0. The van der Waals surface area contributed by atoms with Crippen LogP contribution in [0, 0.1) is 5.41 Å². The largest absolute Gasteiger partial charge is 0.447 e. The SMILES string of the molecule is CC(C)(C)CN1C(=O)OC[C@@H]1c1ccccc1. The molecule has 17 heavy (non-hydrogen) atoms. The van der Waals surface area contributed by atoms with Crippen LogP contribution in [0.2, 0.25) is 0 Å². The first-order chi connectivity index (χ1) is 7.97. The van der Waals surface area contributed by atoms with Crippen molar-refractivity contribution >= 4 is 6.09 Å². The van der Waals surface area contributed by atoms with Crippen molar-refractivity contribution in [3.8, 4) is 0 Å². The maximum Gasteiger partial charge on any atom is 0.410 e. The van der Waals surface area contributed by atoms with Crippen LogP contribution >= 0.6 is 0 Å². The summed E-state index contributed by atoms with van der Waals surface area (Å²) in [6.45, 7) is 7.55. The van der Waals surface area contributed by atoms with Crippen LogP contribution in [-0.4, -0.2) is 24.1 Å². The summed E-state index contributed by atoms with van der Waals surface area (Å²) in [5.41, 5.74) is 1.22. The minimum Gasteiger partial charge on any atom is -0.447 e. The van der Waals surface area contributed by atoms with E-state index in [1.165, 1.54) is 0 Å². The van der Waals surface area contributed by atoms with Crippen molar-refractivity contribution in [3.05, 3.63) is 35.9 Å². The Morgan fingerprint density at radius 3 is 2.53 bits per heavy atom. The van der Waals surface area contributed by atoms with Crippen molar-refractivity contribution in [2.75, 3.05) is 13.2 Å². The van der Waals surface area contributed by atoms with Crippen molar-refractivity contribution in [2.24, 2.45) is 5.41 Å². The molecule has 0 N–H and O–H groups in total. The molecule has 0 unspecified atom stereocenters. The number of ether oxygens (including phenoxy) is 1. The number of amides is 1. The van der Waals surface area contributed by atoms with Gasteiger partial charge in [0.25, 0.3) is 0 Å². The molecule has 92 valence electrons. The molecular formula is C14H19NO2. The van der Waals surface area contributed by atoms with Crippen LogP contribution in [0.4, 0.5) is 4.79 Å². The van der Waals surface area contributed by atoms with Gasteiger partial charge in [-0.15, -0.1) is 0 Å². The summed E-state index contributed by atoms with van der Waals surface area (Å²) in [7, 11) is 0. The molecule has 0 aromatic heterocycles. The summed E-state index contributed by atoms with van der Waals surface area (Å²) in [6, 6.07) is 10.1. The second-order valence-corrected chi connectivity index (χ2v) is 5.69. The number of carbonyl (C=O) groups is 1. The number of hydrogen-bond donors (Lipinski definition) is 0. The minimum atomic E-state index is -0.200. The molecule has 1 atom stereocenters. The van der Waals surface area contributed by atoms with Crippen molar-refractivity contribution in [2.45, 2.75) is 26.8 Å². The smallest absolute Gasteiger partial charge is 0.410 e. The van der Waals surface area contributed by atoms with E-state index < -0.39 is 0 Å². The minimum absolute atomic E-state index is 0.0583. The molecule has 0 bridgehead atoms. The molecule has 0 spiro atoms. The van der Waals surface area contributed by atoms with Gasteiger partial charge in [-0.2, -0.15) is 0 Å². The standard InChI is InChI=1S/C14H19NO2/c1-14(2,3)10-15-12(9-17-13(15)16)11-7-5-4-6-8-11/h4-8,12H,9-10H2,1-3H3/t12-/m1/s1. The van der Waals surface area contributed by atoms with E-state index in [4.69, 9.17) is 4.74 Å². The summed E-state index contributed by atoms with van der Waals surface area (Å²) in [5, 5.41) is 0. The highest BCUT2D eigenvalue weighted by Crippen LogP contribution is 2.30. The van der Waals surface area contributed by atoms with Crippen molar-refractivity contribution in [1.82, 2.24) is 4.90 Å². The quantitative estimate of drug-likeness (QED) is 0.785. The highest BCUT2D eigenvalue weighted by molar-refractivity contribution is 5.70. The fraction of sp³-hybridized carbons (Fsp3) is 0.500. The van der Waals surface area contributed by atoms with Gasteiger partial charge in [-0.1, -0.05) is 51.1 Å². The van der Waals surface area contributed by atoms with E-state index >= 15 is 0 Å². The Kier molecular flexibility index (Phi) is 3.09. The lowest BCUT2D eigenvalue weighted by atomic mass is 9.95. The Bertz CT molecular complexity index is 394. The van der Waals surface area contributed by atoms with E-state index in [-0.39, 0.29) is 17.6 Å². The first-order valence-electron chi connectivity index (χ1n) is 5.96. The Morgan fingerprint density at radius 1 is 1.29 bits per heavy atom. The van der Waals surface area contributed by atoms with E-state index in [9.17, 15) is 4.79 Å². The van der Waals surface area contributed by atoms with Gasteiger partial charge in [-0.25, -0.2) is 4.79 Å². The average molecular weight is 233 g/mol. The van der Waals surface area contributed by atoms with Gasteiger partial charge in [0, 0.05) is 6.54 Å². The monoisotopic (exact) mass is 233 g/mol. The molecule has 3 nitrogen and oxygen atoms in total. The lowest BCUT2D eigenvalue weighted by Gasteiger charge is -2.29. The third-order valence-electron chi connectivity index (χ3n) is 2.80. The predicted molar refractivity (Wildman–Crippen MR) is 66.7 cm³/mol. The fourth-order valence-electron chi connectivity index (χ4n) is 2.09. The second kappa shape index (κ2) is 4.40. The lowest BCUT2D eigenvalue weighted by Crippen LogP contribution is -2.35. The molecule has 1 heterocycles. The third-order valence-corrected chi connectivity index (χ3v) is 2.80. The molecule has 1 aromatic rings. The fourth-order valence-corrected chi connectivity index (χ4v) is 2.09. The summed E-state index contributed by atoms with van der Waals surface area (Å²) >= 11 is 0. The molecule has 0 radical (unpaired) electrons. The maximum atomic E-state index is 11.7. The van der Waals surface area contributed by atoms with Crippen LogP contribution in [0.15, 0.2) is 30.3 Å². The number of nitrogens with zero attached hydrogens (tertiary/aromatic N) is 1. The molecule has 1 aliphatic rings. The molecular weight excluding hydrogens is 214 g/mol. The Labute approximate surface area is 102 Å². The van der Waals surface area contributed by atoms with Gasteiger partial charge in [-0.05, 0) is 11.0 Å². The van der Waals surface area contributed by atoms with Gasteiger partial charge in [0.15, 0.2) is 0 Å². The van der Waals surface area contributed by atoms with Gasteiger partial charge in [0.1, 0.15) is 6.61 Å². The summed E-state index contributed by atoms with van der Waals surface area (Å²) in [6.07, 6.45) is -0.200. The predicted octanol–water partition coefficient (Wildman–Crippen LogP) is 3.23. The molecule has 0 saturated carbocycles. The van der Waals surface area contributed by atoms with Crippen LogP contribution in [0.1, 0.15) is 32.4 Å². The third kappa shape index (κ3) is 2.78. The van der Waals surface area contributed by atoms with Gasteiger partial charge >= 0.3 is 6.09 Å². The molecule has 1 fully saturated rings. The number of hydrogen-bond acceptors (Lipinski definition) is 2. The molecule has 0 aliphatic carbocycles. The molecule has 1 saturated heterocycles. The van der Waals surface area contributed by atoms with Gasteiger partial charge in [-0.3, -0.25) is 4.90 Å². The Morgan fingerprint density at radius 2 is 1.94 bits per heavy atom. The van der Waals surface area contributed by atoms with Gasteiger partial charge < -0.3 is 4.74 Å². The normalized spacial score (nSPS) is 20.5. The summed E-state index contributed by atoms with van der Waals surface area (Å²) < 4.78 is 5.17. The van der Waals surface area contributed by atoms with Crippen LogP contribution < -0.4 is 0 Å². The zero-order valence-corrected chi connectivity index (χ0v) is 10.6.